The second kappa shape index (κ2) is 11.4. The molecule has 3 aromatic carbocycles. The van der Waals surface area contributed by atoms with Gasteiger partial charge in [-0.1, -0.05) is 91.0 Å². The molecule has 202 valence electrons. The number of aliphatic hydroxyl groups excluding tert-OH is 1. The maximum Gasteiger partial charge on any atom is 0.358 e. The molecular formula is C30H29NO7S. The topological polar surface area (TPSA) is 110 Å². The van der Waals surface area contributed by atoms with E-state index in [4.69, 9.17) is 8.92 Å². The first kappa shape index (κ1) is 26.6. The number of rotatable bonds is 11. The minimum atomic E-state index is -4.14. The van der Waals surface area contributed by atoms with E-state index in [1.54, 1.807) is 54.6 Å². The number of fused-ring (bicyclic) bond motifs is 1. The third-order valence-corrected chi connectivity index (χ3v) is 8.12. The first-order valence-electron chi connectivity index (χ1n) is 12.8. The van der Waals surface area contributed by atoms with E-state index in [-0.39, 0.29) is 24.5 Å². The Balaban J connectivity index is 1.34. The Hall–Kier alpha value is -3.95. The summed E-state index contributed by atoms with van der Waals surface area (Å²) >= 11 is 0. The van der Waals surface area contributed by atoms with E-state index in [0.717, 1.165) is 11.1 Å². The van der Waals surface area contributed by atoms with Gasteiger partial charge < -0.3 is 14.0 Å². The summed E-state index contributed by atoms with van der Waals surface area (Å²) in [5.41, 5.74) is 2.08. The van der Waals surface area contributed by atoms with Crippen LogP contribution in [0.1, 0.15) is 29.5 Å². The van der Waals surface area contributed by atoms with Gasteiger partial charge in [0.15, 0.2) is 11.5 Å². The van der Waals surface area contributed by atoms with E-state index in [1.165, 1.54) is 4.90 Å². The number of β-lactam (4-membered cyclic amide) rings is 1. The van der Waals surface area contributed by atoms with Gasteiger partial charge in [-0.25, -0.2) is 4.79 Å². The third kappa shape index (κ3) is 6.05. The number of esters is 1. The minimum absolute atomic E-state index is 0.0113. The van der Waals surface area contributed by atoms with Crippen LogP contribution in [-0.4, -0.2) is 42.4 Å². The van der Waals surface area contributed by atoms with E-state index in [0.29, 0.717) is 18.4 Å². The number of amides is 1. The number of aliphatic hydroxyl groups is 1. The summed E-state index contributed by atoms with van der Waals surface area (Å²) in [6.07, 6.45) is -0.0445. The van der Waals surface area contributed by atoms with Gasteiger partial charge in [-0.2, -0.15) is 8.42 Å². The van der Waals surface area contributed by atoms with Gasteiger partial charge >= 0.3 is 16.1 Å². The fraction of sp³-hybridized carbons (Fsp3) is 0.267. The molecule has 5 rings (SSSR count). The van der Waals surface area contributed by atoms with Gasteiger partial charge in [0.2, 0.25) is 5.91 Å². The van der Waals surface area contributed by atoms with Crippen LogP contribution >= 0.6 is 0 Å². The van der Waals surface area contributed by atoms with Gasteiger partial charge in [0.25, 0.3) is 0 Å². The molecule has 1 saturated heterocycles. The van der Waals surface area contributed by atoms with Crippen molar-refractivity contribution in [1.29, 1.82) is 0 Å². The van der Waals surface area contributed by atoms with Crippen molar-refractivity contribution in [2.24, 2.45) is 5.92 Å². The average Bonchev–Trinajstić information content (AvgIpc) is 3.25. The van der Waals surface area contributed by atoms with Crippen LogP contribution in [-0.2, 0) is 47.4 Å². The summed E-state index contributed by atoms with van der Waals surface area (Å²) in [6, 6.07) is 26.6. The van der Waals surface area contributed by atoms with E-state index < -0.39 is 45.8 Å². The molecule has 3 aromatic rings. The molecule has 8 nitrogen and oxygen atoms in total. The van der Waals surface area contributed by atoms with Gasteiger partial charge in [-0.3, -0.25) is 9.69 Å². The maximum absolute atomic E-state index is 13.2. The van der Waals surface area contributed by atoms with E-state index in [1.807, 2.05) is 36.4 Å². The highest BCUT2D eigenvalue weighted by Crippen LogP contribution is 2.45. The van der Waals surface area contributed by atoms with Crippen LogP contribution in [0.5, 0.6) is 0 Å². The monoisotopic (exact) mass is 547 g/mol. The van der Waals surface area contributed by atoms with E-state index in [9.17, 15) is 23.1 Å². The first-order valence-corrected chi connectivity index (χ1v) is 14.4. The zero-order chi connectivity index (χ0) is 27.4. The molecule has 0 aliphatic carbocycles. The molecule has 1 N–H and O–H groups in total. The van der Waals surface area contributed by atoms with Crippen molar-refractivity contribution < 1.29 is 32.0 Å². The normalized spacial score (nSPS) is 19.3. The highest BCUT2D eigenvalue weighted by molar-refractivity contribution is 7.86. The number of aryl methyl sites for hydroxylation is 1. The van der Waals surface area contributed by atoms with Crippen molar-refractivity contribution in [1.82, 2.24) is 4.90 Å². The fourth-order valence-electron chi connectivity index (χ4n) is 5.08. The highest BCUT2D eigenvalue weighted by Gasteiger charge is 2.58. The Morgan fingerprint density at radius 2 is 1.46 bits per heavy atom. The van der Waals surface area contributed by atoms with Gasteiger partial charge in [0.1, 0.15) is 12.4 Å². The Labute approximate surface area is 227 Å². The van der Waals surface area contributed by atoms with Gasteiger partial charge in [0, 0.05) is 6.42 Å². The summed E-state index contributed by atoms with van der Waals surface area (Å²) in [4.78, 5) is 27.6. The molecule has 0 radical (unpaired) electrons. The van der Waals surface area contributed by atoms with Crippen LogP contribution in [0.4, 0.5) is 0 Å². The SMILES string of the molecule is O=C(OCc1ccccc1)C1=C(OS(=O)(=O)Cc2ccccc2)CC2C(C(O)CCc3ccccc3)C(=O)N12. The maximum atomic E-state index is 13.2. The molecular weight excluding hydrogens is 518 g/mol. The lowest BCUT2D eigenvalue weighted by atomic mass is 9.81. The summed E-state index contributed by atoms with van der Waals surface area (Å²) in [7, 11) is -4.14. The molecule has 9 heteroatoms. The first-order chi connectivity index (χ1) is 18.8. The molecule has 2 aliphatic rings. The number of hydrogen-bond donors (Lipinski definition) is 1. The number of hydrogen-bond acceptors (Lipinski definition) is 7. The van der Waals surface area contributed by atoms with Crippen molar-refractivity contribution >= 4 is 22.0 Å². The standard InChI is InChI=1S/C30H29NO7S/c32-25(17-16-21-10-4-1-5-11-21)27-24-18-26(38-39(35,36)20-23-14-8-3-9-15-23)28(31(24)29(27)33)30(34)37-19-22-12-6-2-7-13-22/h1-15,24-25,27,32H,16-20H2. The summed E-state index contributed by atoms with van der Waals surface area (Å²) in [5.74, 6) is -2.61. The Bertz CT molecular complexity index is 1460. The molecule has 3 atom stereocenters. The molecule has 2 aliphatic heterocycles. The Kier molecular flexibility index (Phi) is 7.81. The average molecular weight is 548 g/mol. The lowest BCUT2D eigenvalue weighted by Gasteiger charge is -2.45. The van der Waals surface area contributed by atoms with Crippen molar-refractivity contribution in [2.45, 2.75) is 43.8 Å². The van der Waals surface area contributed by atoms with Crippen LogP contribution in [0.3, 0.4) is 0 Å². The van der Waals surface area contributed by atoms with Gasteiger partial charge in [-0.05, 0) is 29.5 Å². The number of benzene rings is 3. The predicted octanol–water partition coefficient (Wildman–Crippen LogP) is 3.71. The number of nitrogens with zero attached hydrogens (tertiary/aromatic N) is 1. The van der Waals surface area contributed by atoms with Gasteiger partial charge in [-0.15, -0.1) is 0 Å². The highest BCUT2D eigenvalue weighted by atomic mass is 32.2. The molecule has 0 bridgehead atoms. The quantitative estimate of drug-likeness (QED) is 0.221. The van der Waals surface area contributed by atoms with Gasteiger partial charge in [0.05, 0.1) is 18.1 Å². The molecule has 2 heterocycles. The van der Waals surface area contributed by atoms with E-state index in [2.05, 4.69) is 0 Å². The zero-order valence-electron chi connectivity index (χ0n) is 21.2. The van der Waals surface area contributed by atoms with Crippen molar-refractivity contribution in [3.05, 3.63) is 119 Å². The van der Waals surface area contributed by atoms with Crippen LogP contribution in [0, 0.1) is 5.92 Å². The summed E-state index contributed by atoms with van der Waals surface area (Å²) in [6.45, 7) is -0.0525. The summed E-state index contributed by atoms with van der Waals surface area (Å²) < 4.78 is 36.8. The third-order valence-electron chi connectivity index (χ3n) is 6.97. The summed E-state index contributed by atoms with van der Waals surface area (Å²) in [5, 5.41) is 10.9. The molecule has 1 amide bonds. The number of carbonyl (C=O) groups is 2. The zero-order valence-corrected chi connectivity index (χ0v) is 22.0. The second-order valence-electron chi connectivity index (χ2n) is 9.70. The molecule has 0 aromatic heterocycles. The Morgan fingerprint density at radius 1 is 0.897 bits per heavy atom. The lowest BCUT2D eigenvalue weighted by Crippen LogP contribution is -2.62. The number of carbonyl (C=O) groups excluding carboxylic acids is 2. The molecule has 0 saturated carbocycles. The molecule has 39 heavy (non-hydrogen) atoms. The van der Waals surface area contributed by atoms with Crippen LogP contribution in [0.2, 0.25) is 0 Å². The van der Waals surface area contributed by atoms with Crippen molar-refractivity contribution in [2.75, 3.05) is 0 Å². The van der Waals surface area contributed by atoms with Crippen LogP contribution < -0.4 is 0 Å². The predicted molar refractivity (Wildman–Crippen MR) is 143 cm³/mol. The smallest absolute Gasteiger partial charge is 0.358 e. The lowest BCUT2D eigenvalue weighted by molar-refractivity contribution is -0.163. The van der Waals surface area contributed by atoms with Crippen molar-refractivity contribution in [3.8, 4) is 0 Å². The molecule has 1 fully saturated rings. The van der Waals surface area contributed by atoms with E-state index >= 15 is 0 Å². The number of ether oxygens (including phenoxy) is 1. The molecule has 0 spiro atoms. The second-order valence-corrected chi connectivity index (χ2v) is 11.3. The minimum Gasteiger partial charge on any atom is -0.456 e. The molecule has 3 unspecified atom stereocenters. The van der Waals surface area contributed by atoms with Crippen LogP contribution in [0.15, 0.2) is 102 Å². The largest absolute Gasteiger partial charge is 0.456 e. The van der Waals surface area contributed by atoms with Crippen LogP contribution in [0.25, 0.3) is 0 Å². The fourth-order valence-corrected chi connectivity index (χ4v) is 6.19. The van der Waals surface area contributed by atoms with Crippen molar-refractivity contribution in [3.63, 3.8) is 0 Å². The Morgan fingerprint density at radius 3 is 2.08 bits per heavy atom.